The van der Waals surface area contributed by atoms with Gasteiger partial charge in [-0.15, -0.1) is 0 Å². The van der Waals surface area contributed by atoms with Crippen LogP contribution in [-0.2, 0) is 19.4 Å². The first-order valence-corrected chi connectivity index (χ1v) is 8.54. The largest absolute Gasteiger partial charge is 0.370 e. The summed E-state index contributed by atoms with van der Waals surface area (Å²) >= 11 is 0. The fraction of sp³-hybridized carbons (Fsp3) is 0.368. The van der Waals surface area contributed by atoms with E-state index < -0.39 is 0 Å². The van der Waals surface area contributed by atoms with Gasteiger partial charge in [0.05, 0.1) is 6.54 Å². The maximum absolute atomic E-state index is 5.93. The Morgan fingerprint density at radius 2 is 2.00 bits per heavy atom. The van der Waals surface area contributed by atoms with E-state index in [1.165, 1.54) is 11.1 Å². The molecule has 5 nitrogen and oxygen atoms in total. The van der Waals surface area contributed by atoms with Gasteiger partial charge >= 0.3 is 0 Å². The molecule has 1 aromatic carbocycles. The predicted molar refractivity (Wildman–Crippen MR) is 97.9 cm³/mol. The SMILES string of the molecule is NC(=NCCN1CCc2ccccc2C1)NCCc1ccccn1. The summed E-state index contributed by atoms with van der Waals surface area (Å²) in [4.78, 5) is 11.2. The highest BCUT2D eigenvalue weighted by atomic mass is 15.2. The summed E-state index contributed by atoms with van der Waals surface area (Å²) < 4.78 is 0. The molecule has 3 N–H and O–H groups in total. The third-order valence-corrected chi connectivity index (χ3v) is 4.32. The Balaban J connectivity index is 1.37. The topological polar surface area (TPSA) is 66.5 Å². The first-order chi connectivity index (χ1) is 11.8. The van der Waals surface area contributed by atoms with Crippen LogP contribution in [0.3, 0.4) is 0 Å². The Morgan fingerprint density at radius 1 is 1.17 bits per heavy atom. The van der Waals surface area contributed by atoms with Crippen molar-refractivity contribution in [2.24, 2.45) is 10.7 Å². The first-order valence-electron chi connectivity index (χ1n) is 8.54. The zero-order chi connectivity index (χ0) is 16.6. The van der Waals surface area contributed by atoms with Gasteiger partial charge in [-0.2, -0.15) is 0 Å². The standard InChI is InChI=1S/C19H25N5/c20-19(22-11-8-18-7-3-4-10-21-18)23-12-14-24-13-9-16-5-1-2-6-17(16)15-24/h1-7,10H,8-9,11-15H2,(H3,20,22,23). The van der Waals surface area contributed by atoms with Gasteiger partial charge in [0.25, 0.3) is 0 Å². The van der Waals surface area contributed by atoms with Gasteiger partial charge in [0.2, 0.25) is 0 Å². The second-order valence-corrected chi connectivity index (χ2v) is 6.06. The molecule has 0 atom stereocenters. The van der Waals surface area contributed by atoms with E-state index >= 15 is 0 Å². The Bertz CT molecular complexity index is 668. The number of rotatable bonds is 6. The number of pyridine rings is 1. The van der Waals surface area contributed by atoms with Crippen molar-refractivity contribution in [2.45, 2.75) is 19.4 Å². The highest BCUT2D eigenvalue weighted by molar-refractivity contribution is 5.77. The number of nitrogens with zero attached hydrogens (tertiary/aromatic N) is 3. The lowest BCUT2D eigenvalue weighted by atomic mass is 10.0. The third-order valence-electron chi connectivity index (χ3n) is 4.32. The Morgan fingerprint density at radius 3 is 2.83 bits per heavy atom. The molecule has 2 heterocycles. The molecule has 0 spiro atoms. The lowest BCUT2D eigenvalue weighted by Gasteiger charge is -2.28. The molecule has 3 rings (SSSR count). The molecular formula is C19H25N5. The zero-order valence-corrected chi connectivity index (χ0v) is 14.0. The average Bonchev–Trinajstić information content (AvgIpc) is 2.62. The van der Waals surface area contributed by atoms with Gasteiger partial charge < -0.3 is 11.1 Å². The summed E-state index contributed by atoms with van der Waals surface area (Å²) in [5.74, 6) is 0.517. The minimum absolute atomic E-state index is 0.517. The Kier molecular flexibility index (Phi) is 5.80. The van der Waals surface area contributed by atoms with E-state index in [9.17, 15) is 0 Å². The number of fused-ring (bicyclic) bond motifs is 1. The molecule has 5 heteroatoms. The fourth-order valence-electron chi connectivity index (χ4n) is 2.98. The zero-order valence-electron chi connectivity index (χ0n) is 14.0. The van der Waals surface area contributed by atoms with Crippen LogP contribution in [0.4, 0.5) is 0 Å². The van der Waals surface area contributed by atoms with E-state index in [4.69, 9.17) is 5.73 Å². The van der Waals surface area contributed by atoms with Crippen molar-refractivity contribution < 1.29 is 0 Å². The second-order valence-electron chi connectivity index (χ2n) is 6.06. The van der Waals surface area contributed by atoms with Crippen molar-refractivity contribution in [2.75, 3.05) is 26.2 Å². The number of aromatic nitrogens is 1. The van der Waals surface area contributed by atoms with Crippen molar-refractivity contribution in [1.82, 2.24) is 15.2 Å². The molecule has 1 aliphatic rings. The van der Waals surface area contributed by atoms with E-state index in [0.717, 1.165) is 51.3 Å². The Hall–Kier alpha value is -2.40. The minimum Gasteiger partial charge on any atom is -0.370 e. The van der Waals surface area contributed by atoms with Gasteiger partial charge in [0.1, 0.15) is 0 Å². The van der Waals surface area contributed by atoms with E-state index in [-0.39, 0.29) is 0 Å². The number of benzene rings is 1. The molecule has 1 aromatic heterocycles. The van der Waals surface area contributed by atoms with Crippen molar-refractivity contribution in [3.63, 3.8) is 0 Å². The monoisotopic (exact) mass is 323 g/mol. The maximum atomic E-state index is 5.93. The van der Waals surface area contributed by atoms with Crippen molar-refractivity contribution >= 4 is 5.96 Å². The summed E-state index contributed by atoms with van der Waals surface area (Å²) in [6.07, 6.45) is 3.78. The van der Waals surface area contributed by atoms with Gasteiger partial charge in [-0.3, -0.25) is 14.9 Å². The first kappa shape index (κ1) is 16.5. The molecule has 2 aromatic rings. The van der Waals surface area contributed by atoms with Gasteiger partial charge in [-0.05, 0) is 29.7 Å². The van der Waals surface area contributed by atoms with E-state index in [2.05, 4.69) is 44.5 Å². The highest BCUT2D eigenvalue weighted by Crippen LogP contribution is 2.17. The molecule has 1 aliphatic heterocycles. The lowest BCUT2D eigenvalue weighted by molar-refractivity contribution is 0.261. The van der Waals surface area contributed by atoms with Crippen LogP contribution in [0.5, 0.6) is 0 Å². The van der Waals surface area contributed by atoms with Gasteiger partial charge in [0.15, 0.2) is 5.96 Å². The molecule has 0 unspecified atom stereocenters. The normalized spacial score (nSPS) is 15.1. The summed E-state index contributed by atoms with van der Waals surface area (Å²) in [6.45, 7) is 4.53. The number of hydrogen-bond acceptors (Lipinski definition) is 3. The number of nitrogens with two attached hydrogens (primary N) is 1. The molecule has 126 valence electrons. The van der Waals surface area contributed by atoms with Crippen LogP contribution in [0.15, 0.2) is 53.7 Å². The third kappa shape index (κ3) is 4.80. The van der Waals surface area contributed by atoms with Gasteiger partial charge in [-0.1, -0.05) is 30.3 Å². The molecule has 0 fully saturated rings. The van der Waals surface area contributed by atoms with Crippen LogP contribution < -0.4 is 11.1 Å². The molecule has 0 bridgehead atoms. The molecule has 0 amide bonds. The lowest BCUT2D eigenvalue weighted by Crippen LogP contribution is -2.35. The van der Waals surface area contributed by atoms with Crippen molar-refractivity contribution in [3.05, 3.63) is 65.5 Å². The highest BCUT2D eigenvalue weighted by Gasteiger charge is 2.14. The number of guanidine groups is 1. The summed E-state index contributed by atoms with van der Waals surface area (Å²) in [5.41, 5.74) is 9.91. The minimum atomic E-state index is 0.517. The summed E-state index contributed by atoms with van der Waals surface area (Å²) in [7, 11) is 0. The molecule has 24 heavy (non-hydrogen) atoms. The van der Waals surface area contributed by atoms with Gasteiger partial charge in [0, 0.05) is 44.5 Å². The summed E-state index contributed by atoms with van der Waals surface area (Å²) in [5, 5.41) is 3.15. The fourth-order valence-corrected chi connectivity index (χ4v) is 2.98. The van der Waals surface area contributed by atoms with Crippen LogP contribution in [0.1, 0.15) is 16.8 Å². The van der Waals surface area contributed by atoms with Crippen LogP contribution in [-0.4, -0.2) is 42.0 Å². The van der Waals surface area contributed by atoms with Crippen LogP contribution in [0, 0.1) is 0 Å². The van der Waals surface area contributed by atoms with Crippen LogP contribution in [0.2, 0.25) is 0 Å². The number of nitrogens with one attached hydrogen (secondary N) is 1. The molecule has 0 saturated heterocycles. The number of hydrogen-bond donors (Lipinski definition) is 2. The van der Waals surface area contributed by atoms with E-state index in [0.29, 0.717) is 5.96 Å². The molecular weight excluding hydrogens is 298 g/mol. The molecule has 0 saturated carbocycles. The number of aliphatic imine (C=N–C) groups is 1. The Labute approximate surface area is 143 Å². The molecule has 0 aliphatic carbocycles. The van der Waals surface area contributed by atoms with Crippen LogP contribution in [0.25, 0.3) is 0 Å². The van der Waals surface area contributed by atoms with Crippen molar-refractivity contribution in [1.29, 1.82) is 0 Å². The summed E-state index contributed by atoms with van der Waals surface area (Å²) in [6, 6.07) is 14.6. The smallest absolute Gasteiger partial charge is 0.188 e. The second kappa shape index (κ2) is 8.45. The van der Waals surface area contributed by atoms with Crippen molar-refractivity contribution in [3.8, 4) is 0 Å². The van der Waals surface area contributed by atoms with E-state index in [1.807, 2.05) is 24.4 Å². The average molecular weight is 323 g/mol. The predicted octanol–water partition coefficient (Wildman–Crippen LogP) is 1.59. The van der Waals surface area contributed by atoms with E-state index in [1.54, 1.807) is 0 Å². The van der Waals surface area contributed by atoms with Gasteiger partial charge in [-0.25, -0.2) is 0 Å². The molecule has 0 radical (unpaired) electrons. The quantitative estimate of drug-likeness (QED) is 0.626. The van der Waals surface area contributed by atoms with Crippen LogP contribution >= 0.6 is 0 Å². The maximum Gasteiger partial charge on any atom is 0.188 e.